The average Bonchev–Trinajstić information content (AvgIpc) is 3.17. The van der Waals surface area contributed by atoms with Crippen molar-refractivity contribution < 1.29 is 24.2 Å². The number of rotatable bonds is 13. The Bertz CT molecular complexity index is 1020. The summed E-state index contributed by atoms with van der Waals surface area (Å²) < 4.78 is 12.1. The van der Waals surface area contributed by atoms with Crippen molar-refractivity contribution in [2.45, 2.75) is 58.4 Å². The zero-order valence-electron chi connectivity index (χ0n) is 18.6. The fourth-order valence-corrected chi connectivity index (χ4v) is 3.73. The molecule has 3 aromatic rings. The third-order valence-corrected chi connectivity index (χ3v) is 5.44. The number of aromatic nitrogens is 1. The first-order chi connectivity index (χ1) is 15.5. The summed E-state index contributed by atoms with van der Waals surface area (Å²) in [4.78, 5) is 23.2. The molecule has 0 aliphatic rings. The number of hydrogen-bond acceptors (Lipinski definition) is 4. The van der Waals surface area contributed by atoms with Crippen molar-refractivity contribution in [1.29, 1.82) is 0 Å². The molecule has 0 saturated carbocycles. The summed E-state index contributed by atoms with van der Waals surface area (Å²) in [6, 6.07) is 14.8. The number of nitrogens with zero attached hydrogens (tertiary/aromatic N) is 1. The van der Waals surface area contributed by atoms with Crippen molar-refractivity contribution >= 4 is 22.8 Å². The molecule has 0 unspecified atom stereocenters. The Morgan fingerprint density at radius 3 is 2.38 bits per heavy atom. The number of ketones is 1. The standard InChI is InChI=1S/C26H31NO5/c1-2-3-4-5-6-7-8-20-9-12-23(13-10-20)31-19-22(28)18-27-16-15-21-11-14-24(17-25(21)27)32-26(29)30/h9-17H,2-8,18-19H2,1H3,(H,29,30). The van der Waals surface area contributed by atoms with E-state index in [-0.39, 0.29) is 24.7 Å². The minimum Gasteiger partial charge on any atom is -0.486 e. The highest BCUT2D eigenvalue weighted by Gasteiger charge is 2.10. The smallest absolute Gasteiger partial charge is 0.486 e. The number of ether oxygens (including phenoxy) is 2. The van der Waals surface area contributed by atoms with E-state index in [4.69, 9.17) is 14.6 Å². The van der Waals surface area contributed by atoms with E-state index in [2.05, 4.69) is 19.1 Å². The second kappa shape index (κ2) is 11.9. The van der Waals surface area contributed by atoms with Crippen LogP contribution >= 0.6 is 0 Å². The predicted octanol–water partition coefficient (Wildman–Crippen LogP) is 6.25. The van der Waals surface area contributed by atoms with Crippen molar-refractivity contribution in [3.8, 4) is 11.5 Å². The maximum absolute atomic E-state index is 12.4. The van der Waals surface area contributed by atoms with Gasteiger partial charge >= 0.3 is 6.16 Å². The fourth-order valence-electron chi connectivity index (χ4n) is 3.73. The zero-order valence-corrected chi connectivity index (χ0v) is 18.6. The van der Waals surface area contributed by atoms with E-state index in [1.165, 1.54) is 44.1 Å². The van der Waals surface area contributed by atoms with E-state index < -0.39 is 6.16 Å². The van der Waals surface area contributed by atoms with Gasteiger partial charge in [-0.25, -0.2) is 4.79 Å². The van der Waals surface area contributed by atoms with Crippen LogP contribution in [-0.4, -0.2) is 28.2 Å². The van der Waals surface area contributed by atoms with Crippen molar-refractivity contribution in [2.24, 2.45) is 0 Å². The summed E-state index contributed by atoms with van der Waals surface area (Å²) in [6.07, 6.45) is 9.20. The Balaban J connectivity index is 1.46. The molecule has 0 saturated heterocycles. The SMILES string of the molecule is CCCCCCCCc1ccc(OCC(=O)Cn2ccc3ccc(OC(=O)O)cc32)cc1. The lowest BCUT2D eigenvalue weighted by Crippen LogP contribution is -2.17. The van der Waals surface area contributed by atoms with Gasteiger partial charge in [0.15, 0.2) is 5.78 Å². The third-order valence-electron chi connectivity index (χ3n) is 5.44. The second-order valence-electron chi connectivity index (χ2n) is 8.02. The van der Waals surface area contributed by atoms with Gasteiger partial charge in [-0.2, -0.15) is 0 Å². The number of carbonyl (C=O) groups excluding carboxylic acids is 1. The molecule has 0 fully saturated rings. The molecule has 0 amide bonds. The van der Waals surface area contributed by atoms with E-state index >= 15 is 0 Å². The topological polar surface area (TPSA) is 77.8 Å². The molecule has 1 heterocycles. The quantitative estimate of drug-likeness (QED) is 0.194. The summed E-state index contributed by atoms with van der Waals surface area (Å²) in [5.74, 6) is 0.817. The Kier molecular flexibility index (Phi) is 8.72. The molecular formula is C26H31NO5. The normalized spacial score (nSPS) is 10.9. The molecular weight excluding hydrogens is 406 g/mol. The Labute approximate surface area is 188 Å². The third kappa shape index (κ3) is 7.15. The minimum absolute atomic E-state index is 0.0260. The zero-order chi connectivity index (χ0) is 22.8. The number of hydrogen-bond donors (Lipinski definition) is 1. The molecule has 1 N–H and O–H groups in total. The van der Waals surface area contributed by atoms with Crippen LogP contribution in [0.25, 0.3) is 10.9 Å². The maximum atomic E-state index is 12.4. The Hall–Kier alpha value is -3.28. The van der Waals surface area contributed by atoms with Gasteiger partial charge in [-0.3, -0.25) is 4.79 Å². The van der Waals surface area contributed by atoms with E-state index in [0.717, 1.165) is 17.3 Å². The van der Waals surface area contributed by atoms with Crippen LogP contribution in [0.4, 0.5) is 4.79 Å². The molecule has 0 bridgehead atoms. The lowest BCUT2D eigenvalue weighted by atomic mass is 10.0. The predicted molar refractivity (Wildman–Crippen MR) is 125 cm³/mol. The number of aryl methyl sites for hydroxylation is 1. The van der Waals surface area contributed by atoms with Crippen LogP contribution in [0.1, 0.15) is 51.0 Å². The van der Waals surface area contributed by atoms with Crippen LogP contribution in [0, 0.1) is 0 Å². The summed E-state index contributed by atoms with van der Waals surface area (Å²) in [5, 5.41) is 9.68. The first-order valence-corrected chi connectivity index (χ1v) is 11.3. The van der Waals surface area contributed by atoms with Crippen molar-refractivity contribution in [1.82, 2.24) is 4.57 Å². The van der Waals surface area contributed by atoms with Gasteiger partial charge in [0, 0.05) is 12.3 Å². The van der Waals surface area contributed by atoms with Crippen LogP contribution < -0.4 is 9.47 Å². The molecule has 0 aliphatic heterocycles. The Morgan fingerprint density at radius 2 is 1.62 bits per heavy atom. The summed E-state index contributed by atoms with van der Waals surface area (Å²) >= 11 is 0. The monoisotopic (exact) mass is 437 g/mol. The summed E-state index contributed by atoms with van der Waals surface area (Å²) in [7, 11) is 0. The maximum Gasteiger partial charge on any atom is 0.511 e. The number of fused-ring (bicyclic) bond motifs is 1. The fraction of sp³-hybridized carbons (Fsp3) is 0.385. The molecule has 0 atom stereocenters. The van der Waals surface area contributed by atoms with Gasteiger partial charge in [-0.15, -0.1) is 0 Å². The van der Waals surface area contributed by atoms with Crippen LogP contribution in [0.5, 0.6) is 11.5 Å². The first-order valence-electron chi connectivity index (χ1n) is 11.3. The van der Waals surface area contributed by atoms with Gasteiger partial charge in [-0.1, -0.05) is 51.2 Å². The molecule has 6 nitrogen and oxygen atoms in total. The number of benzene rings is 2. The second-order valence-corrected chi connectivity index (χ2v) is 8.02. The van der Waals surface area contributed by atoms with Crippen LogP contribution in [-0.2, 0) is 17.8 Å². The van der Waals surface area contributed by atoms with E-state index in [9.17, 15) is 9.59 Å². The summed E-state index contributed by atoms with van der Waals surface area (Å²) in [6.45, 7) is 2.34. The van der Waals surface area contributed by atoms with Gasteiger partial charge in [0.1, 0.15) is 18.1 Å². The molecule has 6 heteroatoms. The van der Waals surface area contributed by atoms with Gasteiger partial charge in [0.25, 0.3) is 0 Å². The van der Waals surface area contributed by atoms with Gasteiger partial charge in [-0.05, 0) is 54.1 Å². The molecule has 3 rings (SSSR count). The van der Waals surface area contributed by atoms with Crippen molar-refractivity contribution in [3.63, 3.8) is 0 Å². The summed E-state index contributed by atoms with van der Waals surface area (Å²) in [5.41, 5.74) is 2.02. The van der Waals surface area contributed by atoms with Crippen molar-refractivity contribution in [3.05, 3.63) is 60.3 Å². The molecule has 1 aromatic heterocycles. The van der Waals surface area contributed by atoms with Gasteiger partial charge in [0.05, 0.1) is 12.1 Å². The van der Waals surface area contributed by atoms with Gasteiger partial charge < -0.3 is 19.1 Å². The highest BCUT2D eigenvalue weighted by Crippen LogP contribution is 2.22. The van der Waals surface area contributed by atoms with Crippen LogP contribution in [0.2, 0.25) is 0 Å². The van der Waals surface area contributed by atoms with E-state index in [1.54, 1.807) is 29.0 Å². The first kappa shape index (κ1) is 23.4. The molecule has 0 radical (unpaired) electrons. The lowest BCUT2D eigenvalue weighted by molar-refractivity contribution is -0.121. The van der Waals surface area contributed by atoms with Gasteiger partial charge in [0.2, 0.25) is 0 Å². The largest absolute Gasteiger partial charge is 0.511 e. The van der Waals surface area contributed by atoms with Crippen LogP contribution in [0.3, 0.4) is 0 Å². The number of unbranched alkanes of at least 4 members (excludes halogenated alkanes) is 5. The molecule has 32 heavy (non-hydrogen) atoms. The number of carbonyl (C=O) groups is 2. The lowest BCUT2D eigenvalue weighted by Gasteiger charge is -2.09. The average molecular weight is 438 g/mol. The highest BCUT2D eigenvalue weighted by molar-refractivity contribution is 5.86. The number of carboxylic acid groups (broad SMARTS) is 1. The number of Topliss-reactive ketones (excluding diaryl/α,β-unsaturated/α-hetero) is 1. The highest BCUT2D eigenvalue weighted by atomic mass is 16.7. The molecule has 2 aromatic carbocycles. The Morgan fingerprint density at radius 1 is 0.906 bits per heavy atom. The molecule has 170 valence electrons. The van der Waals surface area contributed by atoms with E-state index in [1.807, 2.05) is 18.2 Å². The minimum atomic E-state index is -1.37. The van der Waals surface area contributed by atoms with Crippen LogP contribution in [0.15, 0.2) is 54.7 Å². The van der Waals surface area contributed by atoms with E-state index in [0.29, 0.717) is 5.75 Å². The van der Waals surface area contributed by atoms with Crippen molar-refractivity contribution in [2.75, 3.05) is 6.61 Å². The molecule has 0 spiro atoms. The molecule has 0 aliphatic carbocycles.